The molecule has 3 rings (SSSR count). The number of thiophene rings is 1. The minimum absolute atomic E-state index is 0.314. The van der Waals surface area contributed by atoms with Crippen molar-refractivity contribution >= 4 is 45.9 Å². The van der Waals surface area contributed by atoms with Gasteiger partial charge in [0.05, 0.1) is 27.5 Å². The van der Waals surface area contributed by atoms with Gasteiger partial charge in [-0.3, -0.25) is 0 Å². The summed E-state index contributed by atoms with van der Waals surface area (Å²) >= 11 is 13.9. The Bertz CT molecular complexity index is 624. The molecule has 0 bridgehead atoms. The molecule has 0 saturated heterocycles. The van der Waals surface area contributed by atoms with Crippen molar-refractivity contribution in [3.8, 4) is 0 Å². The van der Waals surface area contributed by atoms with Gasteiger partial charge in [0, 0.05) is 11.4 Å². The van der Waals surface area contributed by atoms with Gasteiger partial charge in [0.2, 0.25) is 0 Å². The van der Waals surface area contributed by atoms with Crippen LogP contribution >= 0.6 is 34.5 Å². The molecule has 0 saturated carbocycles. The van der Waals surface area contributed by atoms with Gasteiger partial charge in [-0.2, -0.15) is 0 Å². The quantitative estimate of drug-likeness (QED) is 0.769. The molecule has 2 aromatic rings. The Morgan fingerprint density at radius 2 is 2.05 bits per heavy atom. The highest BCUT2D eigenvalue weighted by Crippen LogP contribution is 2.40. The van der Waals surface area contributed by atoms with E-state index in [1.807, 2.05) is 17.4 Å². The summed E-state index contributed by atoms with van der Waals surface area (Å²) < 4.78 is 0. The maximum atomic E-state index is 6.12. The number of nitrogens with two attached hydrogens (primary N) is 1. The van der Waals surface area contributed by atoms with Crippen LogP contribution in [0.15, 0.2) is 23.6 Å². The van der Waals surface area contributed by atoms with Gasteiger partial charge in [-0.1, -0.05) is 23.2 Å². The first kappa shape index (κ1) is 13.1. The molecule has 19 heavy (non-hydrogen) atoms. The lowest BCUT2D eigenvalue weighted by Gasteiger charge is -2.36. The molecule has 1 unspecified atom stereocenters. The maximum Gasteiger partial charge on any atom is 0.0621 e. The smallest absolute Gasteiger partial charge is 0.0621 e. The third-order valence-corrected chi connectivity index (χ3v) is 5.37. The predicted molar refractivity (Wildman–Crippen MR) is 84.7 cm³/mol. The largest absolute Gasteiger partial charge is 0.397 e. The number of hydrogen-bond donors (Lipinski definition) is 1. The van der Waals surface area contributed by atoms with Crippen molar-refractivity contribution in [2.45, 2.75) is 19.4 Å². The van der Waals surface area contributed by atoms with Crippen LogP contribution in [0.1, 0.15) is 23.4 Å². The zero-order valence-corrected chi connectivity index (χ0v) is 12.8. The third-order valence-electron chi connectivity index (χ3n) is 3.66. The normalized spacial score (nSPS) is 18.5. The van der Waals surface area contributed by atoms with E-state index in [9.17, 15) is 0 Å². The lowest BCUT2D eigenvalue weighted by molar-refractivity contribution is 0.634. The fraction of sp³-hybridized carbons (Fsp3) is 0.286. The van der Waals surface area contributed by atoms with Crippen molar-refractivity contribution in [1.82, 2.24) is 0 Å². The Labute approximate surface area is 126 Å². The molecule has 0 spiro atoms. The number of nitrogens with zero attached hydrogens (tertiary/aromatic N) is 1. The second kappa shape index (κ2) is 4.89. The highest BCUT2D eigenvalue weighted by molar-refractivity contribution is 7.10. The van der Waals surface area contributed by atoms with Crippen molar-refractivity contribution in [1.29, 1.82) is 0 Å². The van der Waals surface area contributed by atoms with Gasteiger partial charge in [0.15, 0.2) is 0 Å². The summed E-state index contributed by atoms with van der Waals surface area (Å²) in [6.07, 6.45) is 1.05. The number of hydrogen-bond acceptors (Lipinski definition) is 3. The summed E-state index contributed by atoms with van der Waals surface area (Å²) in [5, 5.41) is 3.21. The van der Waals surface area contributed by atoms with Crippen molar-refractivity contribution in [3.05, 3.63) is 44.1 Å². The summed E-state index contributed by atoms with van der Waals surface area (Å²) in [5.41, 5.74) is 9.14. The molecule has 5 heteroatoms. The molecule has 1 aliphatic heterocycles. The molecule has 2 nitrogen and oxygen atoms in total. The summed E-state index contributed by atoms with van der Waals surface area (Å²) in [7, 11) is 0. The minimum Gasteiger partial charge on any atom is -0.397 e. The maximum absolute atomic E-state index is 6.12. The topological polar surface area (TPSA) is 29.3 Å². The first-order valence-electron chi connectivity index (χ1n) is 6.15. The molecule has 100 valence electrons. The SMILES string of the molecule is CC1c2ccsc2CCN1c1cc(Cl)c(Cl)cc1N. The average Bonchev–Trinajstić information content (AvgIpc) is 2.84. The van der Waals surface area contributed by atoms with Gasteiger partial charge >= 0.3 is 0 Å². The van der Waals surface area contributed by atoms with E-state index < -0.39 is 0 Å². The van der Waals surface area contributed by atoms with E-state index in [0.29, 0.717) is 21.8 Å². The standard InChI is InChI=1S/C14H14Cl2N2S/c1-8-9-3-5-19-14(9)2-4-18(8)13-7-11(16)10(15)6-12(13)17/h3,5-8H,2,4,17H2,1H3. The second-order valence-electron chi connectivity index (χ2n) is 4.74. The molecule has 0 fully saturated rings. The van der Waals surface area contributed by atoms with Crippen molar-refractivity contribution in [2.24, 2.45) is 0 Å². The molecule has 1 aromatic heterocycles. The Kier molecular flexibility index (Phi) is 3.37. The van der Waals surface area contributed by atoms with Crippen LogP contribution in [-0.2, 0) is 6.42 Å². The van der Waals surface area contributed by atoms with E-state index in [4.69, 9.17) is 28.9 Å². The van der Waals surface area contributed by atoms with Crippen molar-refractivity contribution in [2.75, 3.05) is 17.2 Å². The van der Waals surface area contributed by atoms with Crippen LogP contribution in [0, 0.1) is 0 Å². The van der Waals surface area contributed by atoms with Gasteiger partial charge in [-0.05, 0) is 42.5 Å². The molecule has 2 N–H and O–H groups in total. The zero-order chi connectivity index (χ0) is 13.6. The Morgan fingerprint density at radius 1 is 1.32 bits per heavy atom. The summed E-state index contributed by atoms with van der Waals surface area (Å²) in [4.78, 5) is 3.77. The molecule has 0 aliphatic carbocycles. The van der Waals surface area contributed by atoms with Crippen LogP contribution in [0.3, 0.4) is 0 Å². The number of halogens is 2. The van der Waals surface area contributed by atoms with Gasteiger partial charge in [-0.15, -0.1) is 11.3 Å². The lowest BCUT2D eigenvalue weighted by Crippen LogP contribution is -2.33. The number of rotatable bonds is 1. The van der Waals surface area contributed by atoms with Crippen LogP contribution < -0.4 is 10.6 Å². The third kappa shape index (κ3) is 2.20. The molecule has 1 aliphatic rings. The number of fused-ring (bicyclic) bond motifs is 1. The van der Waals surface area contributed by atoms with Gasteiger partial charge in [-0.25, -0.2) is 0 Å². The Balaban J connectivity index is 2.02. The van der Waals surface area contributed by atoms with E-state index in [-0.39, 0.29) is 0 Å². The molecule has 1 aromatic carbocycles. The highest BCUT2D eigenvalue weighted by atomic mass is 35.5. The fourth-order valence-electron chi connectivity index (χ4n) is 2.64. The van der Waals surface area contributed by atoms with Gasteiger partial charge < -0.3 is 10.6 Å². The molecule has 2 heterocycles. The number of nitrogen functional groups attached to an aromatic ring is 1. The summed E-state index contributed by atoms with van der Waals surface area (Å²) in [5.74, 6) is 0. The summed E-state index contributed by atoms with van der Waals surface area (Å²) in [6, 6.07) is 6.11. The van der Waals surface area contributed by atoms with Gasteiger partial charge in [0.25, 0.3) is 0 Å². The van der Waals surface area contributed by atoms with E-state index in [0.717, 1.165) is 18.7 Å². The number of anilines is 2. The molecule has 0 amide bonds. The zero-order valence-electron chi connectivity index (χ0n) is 10.5. The monoisotopic (exact) mass is 312 g/mol. The van der Waals surface area contributed by atoms with Crippen LogP contribution in [0.25, 0.3) is 0 Å². The van der Waals surface area contributed by atoms with Gasteiger partial charge in [0.1, 0.15) is 0 Å². The van der Waals surface area contributed by atoms with Crippen LogP contribution in [0.4, 0.5) is 11.4 Å². The Hall–Kier alpha value is -0.900. The molecular formula is C14H14Cl2N2S. The Morgan fingerprint density at radius 3 is 2.84 bits per heavy atom. The van der Waals surface area contributed by atoms with Crippen molar-refractivity contribution < 1.29 is 0 Å². The molecule has 0 radical (unpaired) electrons. The predicted octanol–water partition coefficient (Wildman–Crippen LogP) is 4.76. The summed E-state index contributed by atoms with van der Waals surface area (Å²) in [6.45, 7) is 3.16. The van der Waals surface area contributed by atoms with E-state index in [1.54, 1.807) is 6.07 Å². The molecular weight excluding hydrogens is 299 g/mol. The van der Waals surface area contributed by atoms with Crippen molar-refractivity contribution in [3.63, 3.8) is 0 Å². The first-order chi connectivity index (χ1) is 9.08. The van der Waals surface area contributed by atoms with E-state index in [1.165, 1.54) is 10.4 Å². The number of benzene rings is 1. The van der Waals surface area contributed by atoms with E-state index >= 15 is 0 Å². The molecule has 1 atom stereocenters. The minimum atomic E-state index is 0.314. The first-order valence-corrected chi connectivity index (χ1v) is 7.79. The highest BCUT2D eigenvalue weighted by Gasteiger charge is 2.26. The fourth-order valence-corrected chi connectivity index (χ4v) is 3.93. The van der Waals surface area contributed by atoms with Crippen LogP contribution in [0.5, 0.6) is 0 Å². The lowest BCUT2D eigenvalue weighted by atomic mass is 10.0. The van der Waals surface area contributed by atoms with Crippen LogP contribution in [-0.4, -0.2) is 6.54 Å². The van der Waals surface area contributed by atoms with Crippen LogP contribution in [0.2, 0.25) is 10.0 Å². The van der Waals surface area contributed by atoms with E-state index in [2.05, 4.69) is 23.3 Å². The second-order valence-corrected chi connectivity index (χ2v) is 6.56. The average molecular weight is 313 g/mol.